The number of hydrogen-bond acceptors (Lipinski definition) is 3. The summed E-state index contributed by atoms with van der Waals surface area (Å²) in [6.07, 6.45) is 11.4. The van der Waals surface area contributed by atoms with Crippen LogP contribution in [0.2, 0.25) is 0 Å². The Balaban J connectivity index is 1.53. The second kappa shape index (κ2) is 4.30. The molecule has 7 atom stereocenters. The molecule has 0 unspecified atom stereocenters. The molecule has 5 rings (SSSR count). The summed E-state index contributed by atoms with van der Waals surface area (Å²) in [5.74, 6) is 2.22. The van der Waals surface area contributed by atoms with Gasteiger partial charge in [-0.1, -0.05) is 25.5 Å². The zero-order chi connectivity index (χ0) is 16.9. The lowest BCUT2D eigenvalue weighted by molar-refractivity contribution is -0.135. The highest BCUT2D eigenvalue weighted by atomic mass is 16.6. The Morgan fingerprint density at radius 1 is 1.25 bits per heavy atom. The molecule has 0 aromatic carbocycles. The van der Waals surface area contributed by atoms with Crippen LogP contribution in [-0.4, -0.2) is 23.3 Å². The molecule has 3 nitrogen and oxygen atoms in total. The van der Waals surface area contributed by atoms with E-state index in [4.69, 9.17) is 4.74 Å². The first-order valence-corrected chi connectivity index (χ1v) is 9.46. The van der Waals surface area contributed by atoms with Gasteiger partial charge in [-0.25, -0.2) is 0 Å². The van der Waals surface area contributed by atoms with Crippen LogP contribution in [0.15, 0.2) is 23.8 Å². The zero-order valence-electron chi connectivity index (χ0n) is 14.8. The minimum atomic E-state index is -0.474. The molecule has 0 aromatic heterocycles. The molecule has 0 amide bonds. The SMILES string of the molecule is CC(=O)[C@@]12O[C@@H]1C[C@H]1[C@@H]3CCC4=CC(=O)C=C[C@]4(C)[C@H]3CC[C@@]12C. The van der Waals surface area contributed by atoms with Crippen LogP contribution in [0.1, 0.15) is 52.9 Å². The fraction of sp³-hybridized carbons (Fsp3) is 0.714. The molecular weight excluding hydrogens is 300 g/mol. The lowest BCUT2D eigenvalue weighted by atomic mass is 9.47. The third-order valence-corrected chi connectivity index (χ3v) is 8.51. The van der Waals surface area contributed by atoms with Gasteiger partial charge in [0, 0.05) is 10.8 Å². The van der Waals surface area contributed by atoms with Gasteiger partial charge in [-0.05, 0) is 68.9 Å². The summed E-state index contributed by atoms with van der Waals surface area (Å²) in [7, 11) is 0. The van der Waals surface area contributed by atoms with E-state index < -0.39 is 5.60 Å². The molecule has 0 N–H and O–H groups in total. The summed E-state index contributed by atoms with van der Waals surface area (Å²) in [5, 5.41) is 0. The van der Waals surface area contributed by atoms with Crippen molar-refractivity contribution in [2.75, 3.05) is 0 Å². The summed E-state index contributed by atoms with van der Waals surface area (Å²) in [5.41, 5.74) is 0.907. The van der Waals surface area contributed by atoms with Gasteiger partial charge in [0.1, 0.15) is 0 Å². The van der Waals surface area contributed by atoms with Gasteiger partial charge in [0.2, 0.25) is 0 Å². The minimum absolute atomic E-state index is 0.0104. The molecule has 128 valence electrons. The van der Waals surface area contributed by atoms with Crippen LogP contribution in [-0.2, 0) is 14.3 Å². The van der Waals surface area contributed by atoms with E-state index in [1.807, 2.05) is 6.08 Å². The maximum Gasteiger partial charge on any atom is 0.178 e. The van der Waals surface area contributed by atoms with E-state index in [-0.39, 0.29) is 28.5 Å². The Kier molecular flexibility index (Phi) is 2.70. The van der Waals surface area contributed by atoms with Gasteiger partial charge in [-0.15, -0.1) is 0 Å². The summed E-state index contributed by atoms with van der Waals surface area (Å²) < 4.78 is 5.98. The van der Waals surface area contributed by atoms with Crippen molar-refractivity contribution in [1.82, 2.24) is 0 Å². The number of carbonyl (C=O) groups excluding carboxylic acids is 2. The molecule has 1 aliphatic heterocycles. The van der Waals surface area contributed by atoms with Gasteiger partial charge in [-0.3, -0.25) is 9.59 Å². The number of rotatable bonds is 1. The topological polar surface area (TPSA) is 46.7 Å². The number of epoxide rings is 1. The van der Waals surface area contributed by atoms with Crippen molar-refractivity contribution in [2.45, 2.75) is 64.6 Å². The lowest BCUT2D eigenvalue weighted by Gasteiger charge is -2.57. The van der Waals surface area contributed by atoms with Crippen LogP contribution in [0.4, 0.5) is 0 Å². The van der Waals surface area contributed by atoms with Crippen LogP contribution in [0.5, 0.6) is 0 Å². The zero-order valence-corrected chi connectivity index (χ0v) is 14.8. The number of ether oxygens (including phenoxy) is 1. The summed E-state index contributed by atoms with van der Waals surface area (Å²) in [4.78, 5) is 24.2. The fourth-order valence-electron chi connectivity index (χ4n) is 7.26. The predicted molar refractivity (Wildman–Crippen MR) is 90.3 cm³/mol. The largest absolute Gasteiger partial charge is 0.357 e. The summed E-state index contributed by atoms with van der Waals surface area (Å²) >= 11 is 0. The third kappa shape index (κ3) is 1.49. The standard InChI is InChI=1S/C21H26O3/c1-12(22)21-18(24-21)11-17-15-5-4-13-10-14(23)6-8-19(13,2)16(15)7-9-20(17,21)3/h6,8,10,15-18H,4-5,7,9,11H2,1-3H3/t15-,16+,17+,18-,19+,20+,21-/m1/s1. The monoisotopic (exact) mass is 326 g/mol. The smallest absolute Gasteiger partial charge is 0.178 e. The molecule has 4 aliphatic carbocycles. The first kappa shape index (κ1) is 15.1. The van der Waals surface area contributed by atoms with Crippen LogP contribution < -0.4 is 0 Å². The van der Waals surface area contributed by atoms with Crippen LogP contribution in [0.3, 0.4) is 0 Å². The first-order chi connectivity index (χ1) is 11.3. The number of carbonyl (C=O) groups is 2. The second-order valence-corrected chi connectivity index (χ2v) is 9.19. The van der Waals surface area contributed by atoms with E-state index in [0.717, 1.165) is 32.1 Å². The molecule has 0 bridgehead atoms. The van der Waals surface area contributed by atoms with Crippen molar-refractivity contribution in [1.29, 1.82) is 0 Å². The quantitative estimate of drug-likeness (QED) is 0.691. The molecule has 4 fully saturated rings. The van der Waals surface area contributed by atoms with Crippen molar-refractivity contribution in [2.24, 2.45) is 28.6 Å². The Labute approximate surface area is 143 Å². The van der Waals surface area contributed by atoms with E-state index in [1.165, 1.54) is 5.57 Å². The van der Waals surface area contributed by atoms with Crippen molar-refractivity contribution >= 4 is 11.6 Å². The molecule has 3 heteroatoms. The molecule has 1 heterocycles. The Morgan fingerprint density at radius 2 is 2.04 bits per heavy atom. The number of fused-ring (bicyclic) bond motifs is 7. The fourth-order valence-corrected chi connectivity index (χ4v) is 7.26. The van der Waals surface area contributed by atoms with E-state index in [1.54, 1.807) is 13.0 Å². The van der Waals surface area contributed by atoms with E-state index in [0.29, 0.717) is 17.8 Å². The Bertz CT molecular complexity index is 719. The van der Waals surface area contributed by atoms with Gasteiger partial charge >= 0.3 is 0 Å². The van der Waals surface area contributed by atoms with E-state index in [9.17, 15) is 9.59 Å². The molecule has 0 radical (unpaired) electrons. The Morgan fingerprint density at radius 3 is 2.79 bits per heavy atom. The van der Waals surface area contributed by atoms with Crippen molar-refractivity contribution < 1.29 is 14.3 Å². The number of hydrogen-bond donors (Lipinski definition) is 0. The van der Waals surface area contributed by atoms with Gasteiger partial charge in [0.15, 0.2) is 17.2 Å². The summed E-state index contributed by atoms with van der Waals surface area (Å²) in [6.45, 7) is 6.36. The maximum absolute atomic E-state index is 12.4. The molecular formula is C21H26O3. The number of ketones is 2. The van der Waals surface area contributed by atoms with Gasteiger partial charge in [-0.2, -0.15) is 0 Å². The highest BCUT2D eigenvalue weighted by Crippen LogP contribution is 2.73. The van der Waals surface area contributed by atoms with E-state index >= 15 is 0 Å². The minimum Gasteiger partial charge on any atom is -0.357 e. The highest BCUT2D eigenvalue weighted by molar-refractivity contribution is 6.01. The molecule has 0 spiro atoms. The normalized spacial score (nSPS) is 54.3. The second-order valence-electron chi connectivity index (χ2n) is 9.19. The molecule has 24 heavy (non-hydrogen) atoms. The van der Waals surface area contributed by atoms with Gasteiger partial charge in [0.25, 0.3) is 0 Å². The van der Waals surface area contributed by atoms with Crippen LogP contribution in [0, 0.1) is 28.6 Å². The Hall–Kier alpha value is -1.22. The average molecular weight is 326 g/mol. The van der Waals surface area contributed by atoms with Crippen molar-refractivity contribution in [3.63, 3.8) is 0 Å². The van der Waals surface area contributed by atoms with E-state index in [2.05, 4.69) is 19.9 Å². The average Bonchev–Trinajstić information content (AvgIpc) is 3.21. The van der Waals surface area contributed by atoms with Gasteiger partial charge < -0.3 is 4.74 Å². The molecule has 1 saturated heterocycles. The van der Waals surface area contributed by atoms with Gasteiger partial charge in [0.05, 0.1) is 6.10 Å². The highest BCUT2D eigenvalue weighted by Gasteiger charge is 2.79. The number of Topliss-reactive ketones (excluding diaryl/α,β-unsaturated/α-hetero) is 1. The first-order valence-electron chi connectivity index (χ1n) is 9.46. The summed E-state index contributed by atoms with van der Waals surface area (Å²) in [6, 6.07) is 0. The maximum atomic E-state index is 12.4. The number of allylic oxidation sites excluding steroid dienone is 4. The molecule has 5 aliphatic rings. The van der Waals surface area contributed by atoms with Crippen LogP contribution in [0.25, 0.3) is 0 Å². The molecule has 0 aromatic rings. The predicted octanol–water partition coefficient (Wildman–Crippen LogP) is 3.63. The van der Waals surface area contributed by atoms with Crippen LogP contribution >= 0.6 is 0 Å². The van der Waals surface area contributed by atoms with Crippen molar-refractivity contribution in [3.8, 4) is 0 Å². The van der Waals surface area contributed by atoms with Crippen molar-refractivity contribution in [3.05, 3.63) is 23.8 Å². The lowest BCUT2D eigenvalue weighted by Crippen LogP contribution is -2.53. The third-order valence-electron chi connectivity index (χ3n) is 8.51. The molecule has 3 saturated carbocycles.